The van der Waals surface area contributed by atoms with Crippen molar-refractivity contribution in [3.8, 4) is 0 Å². The Labute approximate surface area is 104 Å². The lowest BCUT2D eigenvalue weighted by Gasteiger charge is -2.36. The number of hydrogen-bond acceptors (Lipinski definition) is 3. The lowest BCUT2D eigenvalue weighted by atomic mass is 9.89. The van der Waals surface area contributed by atoms with Crippen molar-refractivity contribution in [3.63, 3.8) is 0 Å². The van der Waals surface area contributed by atoms with Gasteiger partial charge in [0.2, 0.25) is 0 Å². The zero-order valence-corrected chi connectivity index (χ0v) is 11.0. The van der Waals surface area contributed by atoms with Crippen LogP contribution in [0, 0.1) is 0 Å². The fourth-order valence-electron chi connectivity index (χ4n) is 2.86. The molecule has 1 aromatic rings. The highest BCUT2D eigenvalue weighted by Crippen LogP contribution is 2.48. The Morgan fingerprint density at radius 2 is 2.06 bits per heavy atom. The van der Waals surface area contributed by atoms with E-state index in [1.54, 1.807) is 6.20 Å². The van der Waals surface area contributed by atoms with Gasteiger partial charge in [-0.25, -0.2) is 9.19 Å². The summed E-state index contributed by atoms with van der Waals surface area (Å²) in [4.78, 5) is 6.68. The predicted molar refractivity (Wildman–Crippen MR) is 69.2 cm³/mol. The molecule has 0 amide bonds. The molecule has 0 aliphatic carbocycles. The van der Waals surface area contributed by atoms with Gasteiger partial charge in [-0.05, 0) is 39.0 Å². The highest BCUT2D eigenvalue weighted by Gasteiger charge is 2.50. The normalized spacial score (nSPS) is 27.4. The van der Waals surface area contributed by atoms with E-state index in [9.17, 15) is 4.21 Å². The van der Waals surface area contributed by atoms with E-state index in [4.69, 9.17) is 0 Å². The highest BCUT2D eigenvalue weighted by molar-refractivity contribution is 7.87. The molecular weight excluding hydrogens is 234 g/mol. The molecule has 1 spiro atoms. The van der Waals surface area contributed by atoms with Gasteiger partial charge in [0.1, 0.15) is 16.8 Å². The van der Waals surface area contributed by atoms with Crippen LogP contribution in [0.2, 0.25) is 0 Å². The molecule has 2 aliphatic rings. The Hall–Kier alpha value is -0.940. The van der Waals surface area contributed by atoms with Crippen molar-refractivity contribution in [1.82, 2.24) is 9.88 Å². The second-order valence-electron chi connectivity index (χ2n) is 4.92. The van der Waals surface area contributed by atoms with Crippen LogP contribution in [0.4, 0.5) is 5.82 Å². The van der Waals surface area contributed by atoms with Crippen LogP contribution in [0.3, 0.4) is 0 Å². The lowest BCUT2D eigenvalue weighted by Crippen LogP contribution is -2.43. The summed E-state index contributed by atoms with van der Waals surface area (Å²) in [6, 6.07) is 4.05. The number of pyridine rings is 1. The molecule has 5 heteroatoms. The molecule has 0 bridgehead atoms. The van der Waals surface area contributed by atoms with Crippen molar-refractivity contribution in [2.24, 2.45) is 0 Å². The van der Waals surface area contributed by atoms with Crippen molar-refractivity contribution in [1.29, 1.82) is 0 Å². The van der Waals surface area contributed by atoms with Crippen molar-refractivity contribution in [2.75, 3.05) is 31.5 Å². The first-order valence-corrected chi connectivity index (χ1v) is 7.05. The van der Waals surface area contributed by atoms with E-state index in [0.717, 1.165) is 31.7 Å². The first-order valence-electron chi connectivity index (χ1n) is 5.95. The summed E-state index contributed by atoms with van der Waals surface area (Å²) >= 11 is 0. The maximum atomic E-state index is 12.6. The van der Waals surface area contributed by atoms with Crippen LogP contribution >= 0.6 is 0 Å². The molecule has 4 nitrogen and oxygen atoms in total. The molecule has 92 valence electrons. The van der Waals surface area contributed by atoms with Crippen LogP contribution in [-0.4, -0.2) is 41.3 Å². The summed E-state index contributed by atoms with van der Waals surface area (Å²) in [7, 11) is 3.03. The Kier molecular flexibility index (Phi) is 2.48. The molecule has 0 radical (unpaired) electrons. The molecular formula is C12H17N3OS. The molecule has 17 heavy (non-hydrogen) atoms. The number of piperidine rings is 1. The Bertz CT molecular complexity index is 469. The van der Waals surface area contributed by atoms with Gasteiger partial charge >= 0.3 is 0 Å². The first-order chi connectivity index (χ1) is 8.15. The van der Waals surface area contributed by atoms with Gasteiger partial charge in [-0.15, -0.1) is 0 Å². The van der Waals surface area contributed by atoms with E-state index in [1.165, 1.54) is 5.56 Å². The maximum absolute atomic E-state index is 12.6. The van der Waals surface area contributed by atoms with Gasteiger partial charge in [0, 0.05) is 18.8 Å². The van der Waals surface area contributed by atoms with Gasteiger partial charge in [0.25, 0.3) is 0 Å². The molecule has 1 atom stereocenters. The number of rotatable bonds is 0. The van der Waals surface area contributed by atoms with Gasteiger partial charge in [0.05, 0.1) is 4.75 Å². The summed E-state index contributed by atoms with van der Waals surface area (Å²) in [6.07, 6.45) is 3.69. The Morgan fingerprint density at radius 3 is 2.76 bits per heavy atom. The molecule has 1 saturated heterocycles. The SMILES string of the molecule is CN1CCC2(CC1)c1cccnc1N(C)S2=O. The van der Waals surface area contributed by atoms with Crippen LogP contribution in [0.1, 0.15) is 18.4 Å². The Morgan fingerprint density at radius 1 is 1.35 bits per heavy atom. The number of anilines is 1. The minimum Gasteiger partial charge on any atom is -0.306 e. The summed E-state index contributed by atoms with van der Waals surface area (Å²) < 4.78 is 14.3. The van der Waals surface area contributed by atoms with Crippen LogP contribution in [0.15, 0.2) is 18.3 Å². The molecule has 1 aromatic heterocycles. The Balaban J connectivity index is 2.09. The standard InChI is InChI=1S/C12H17N3OS/c1-14-8-5-12(6-9-14)10-4-3-7-13-11(10)15(2)17(12)16/h3-4,7H,5-6,8-9H2,1-2H3. The van der Waals surface area contributed by atoms with Crippen molar-refractivity contribution in [3.05, 3.63) is 23.9 Å². The third kappa shape index (κ3) is 1.45. The topological polar surface area (TPSA) is 36.4 Å². The quantitative estimate of drug-likeness (QED) is 0.693. The highest BCUT2D eigenvalue weighted by atomic mass is 32.2. The number of aromatic nitrogens is 1. The molecule has 0 N–H and O–H groups in total. The van der Waals surface area contributed by atoms with Gasteiger partial charge in [-0.1, -0.05) is 6.07 Å². The number of likely N-dealkylation sites (tertiary alicyclic amines) is 1. The maximum Gasteiger partial charge on any atom is 0.144 e. The second kappa shape index (κ2) is 3.78. The average Bonchev–Trinajstić information content (AvgIpc) is 2.57. The van der Waals surface area contributed by atoms with E-state index < -0.39 is 11.0 Å². The molecule has 1 unspecified atom stereocenters. The molecule has 3 heterocycles. The zero-order chi connectivity index (χ0) is 12.0. The first kappa shape index (κ1) is 11.2. The summed E-state index contributed by atoms with van der Waals surface area (Å²) in [5.41, 5.74) is 1.17. The van der Waals surface area contributed by atoms with Crippen LogP contribution in [-0.2, 0) is 15.7 Å². The third-order valence-corrected chi connectivity index (χ3v) is 5.92. The van der Waals surface area contributed by atoms with E-state index >= 15 is 0 Å². The van der Waals surface area contributed by atoms with Crippen molar-refractivity contribution < 1.29 is 4.21 Å². The molecule has 2 aliphatic heterocycles. The van der Waals surface area contributed by atoms with Crippen molar-refractivity contribution >= 4 is 16.8 Å². The zero-order valence-electron chi connectivity index (χ0n) is 10.2. The van der Waals surface area contributed by atoms with E-state index in [1.807, 2.05) is 17.4 Å². The van der Waals surface area contributed by atoms with Gasteiger partial charge in [-0.3, -0.25) is 4.31 Å². The number of nitrogens with zero attached hydrogens (tertiary/aromatic N) is 3. The molecule has 0 aromatic carbocycles. The summed E-state index contributed by atoms with van der Waals surface area (Å²) in [5.74, 6) is 0.899. The monoisotopic (exact) mass is 251 g/mol. The van der Waals surface area contributed by atoms with E-state index in [-0.39, 0.29) is 4.75 Å². The predicted octanol–water partition coefficient (Wildman–Crippen LogP) is 1.12. The fraction of sp³-hybridized carbons (Fsp3) is 0.583. The molecule has 0 saturated carbocycles. The third-order valence-electron chi connectivity index (χ3n) is 3.95. The van der Waals surface area contributed by atoms with Gasteiger partial charge in [-0.2, -0.15) is 0 Å². The second-order valence-corrected chi connectivity index (χ2v) is 6.75. The van der Waals surface area contributed by atoms with Gasteiger partial charge in [0.15, 0.2) is 0 Å². The largest absolute Gasteiger partial charge is 0.306 e. The van der Waals surface area contributed by atoms with Crippen LogP contribution in [0.25, 0.3) is 0 Å². The summed E-state index contributed by atoms with van der Waals surface area (Å²) in [6.45, 7) is 2.02. The van der Waals surface area contributed by atoms with E-state index in [2.05, 4.69) is 23.0 Å². The number of fused-ring (bicyclic) bond motifs is 2. The van der Waals surface area contributed by atoms with Crippen molar-refractivity contribution in [2.45, 2.75) is 17.6 Å². The molecule has 1 fully saturated rings. The van der Waals surface area contributed by atoms with E-state index in [0.29, 0.717) is 0 Å². The minimum absolute atomic E-state index is 0.190. The van der Waals surface area contributed by atoms with Crippen LogP contribution < -0.4 is 4.31 Å². The smallest absolute Gasteiger partial charge is 0.144 e. The van der Waals surface area contributed by atoms with Crippen LogP contribution in [0.5, 0.6) is 0 Å². The fourth-order valence-corrected chi connectivity index (χ4v) is 4.57. The number of hydrogen-bond donors (Lipinski definition) is 0. The van der Waals surface area contributed by atoms with Gasteiger partial charge < -0.3 is 4.90 Å². The minimum atomic E-state index is -0.980. The summed E-state index contributed by atoms with van der Waals surface area (Å²) in [5, 5.41) is 0. The molecule has 3 rings (SSSR count). The average molecular weight is 251 g/mol. The lowest BCUT2D eigenvalue weighted by molar-refractivity contribution is 0.238.